The first-order chi connectivity index (χ1) is 27.1. The van der Waals surface area contributed by atoms with Crippen LogP contribution in [-0.2, 0) is 5.41 Å². The standard InChI is InChI=1S/C46H31N3O/c1-46(2)37-25-28(48-41-21-11-12-22-42(41)49-40-20-10-9-19-39(40)47-45(48)49)23-24-43(37)50-44-27-36-34-18-8-6-16-32(34)30-14-4-3-13-29(30)31-15-5-7-17-33(31)35(36)26-38(44)46/h3-27H,1-2H3/i1D3,2D3. The van der Waals surface area contributed by atoms with Crippen LogP contribution in [0.3, 0.4) is 0 Å². The first-order valence-electron chi connectivity index (χ1n) is 19.7. The van der Waals surface area contributed by atoms with Crippen LogP contribution in [0.25, 0.3) is 78.0 Å². The first kappa shape index (κ1) is 22.3. The van der Waals surface area contributed by atoms with Crippen LogP contribution in [0.1, 0.15) is 33.1 Å². The molecule has 11 rings (SSSR count). The fraction of sp³-hybridized carbons (Fsp3) is 0.0652. The van der Waals surface area contributed by atoms with E-state index in [2.05, 4.69) is 34.7 Å². The number of para-hydroxylation sites is 4. The minimum atomic E-state index is -3.04. The monoisotopic (exact) mass is 647 g/mol. The fourth-order valence-corrected chi connectivity index (χ4v) is 8.17. The van der Waals surface area contributed by atoms with Crippen molar-refractivity contribution < 1.29 is 13.0 Å². The van der Waals surface area contributed by atoms with E-state index < -0.39 is 19.1 Å². The molecule has 0 N–H and O–H groups in total. The van der Waals surface area contributed by atoms with E-state index in [0.29, 0.717) is 11.5 Å². The number of hydrogen-bond donors (Lipinski definition) is 0. The van der Waals surface area contributed by atoms with Gasteiger partial charge in [0.1, 0.15) is 11.5 Å². The van der Waals surface area contributed by atoms with Gasteiger partial charge in [-0.1, -0.05) is 111 Å². The van der Waals surface area contributed by atoms with Gasteiger partial charge < -0.3 is 4.74 Å². The van der Waals surface area contributed by atoms with Crippen LogP contribution in [0, 0.1) is 0 Å². The van der Waals surface area contributed by atoms with E-state index in [0.717, 1.165) is 66.6 Å². The van der Waals surface area contributed by atoms with E-state index >= 15 is 0 Å². The number of nitrogens with zero attached hydrogens (tertiary/aromatic N) is 3. The minimum Gasteiger partial charge on any atom is -0.457 e. The van der Waals surface area contributed by atoms with Gasteiger partial charge in [-0.3, -0.25) is 8.97 Å². The van der Waals surface area contributed by atoms with Gasteiger partial charge in [0.15, 0.2) is 0 Å². The zero-order chi connectivity index (χ0) is 38.1. The van der Waals surface area contributed by atoms with Gasteiger partial charge in [0.25, 0.3) is 0 Å². The summed E-state index contributed by atoms with van der Waals surface area (Å²) in [5, 5.41) is 0. The number of rotatable bonds is 1. The lowest BCUT2D eigenvalue weighted by molar-refractivity contribution is 0.418. The lowest BCUT2D eigenvalue weighted by Gasteiger charge is -2.36. The van der Waals surface area contributed by atoms with Crippen molar-refractivity contribution in [1.82, 2.24) is 14.0 Å². The van der Waals surface area contributed by atoms with Crippen LogP contribution in [0.15, 0.2) is 152 Å². The summed E-state index contributed by atoms with van der Waals surface area (Å²) in [6, 6.07) is 49.0. The molecule has 7 aromatic carbocycles. The molecule has 2 aromatic heterocycles. The summed E-state index contributed by atoms with van der Waals surface area (Å²) in [7, 11) is 0. The molecule has 0 bridgehead atoms. The molecule has 9 aromatic rings. The van der Waals surface area contributed by atoms with E-state index in [-0.39, 0.29) is 22.6 Å². The Morgan fingerprint density at radius 2 is 1.02 bits per heavy atom. The molecule has 0 atom stereocenters. The lowest BCUT2D eigenvalue weighted by atomic mass is 9.73. The SMILES string of the molecule is [2H]C([2H])([2H])C1(C([2H])([2H])[2H])c2cc(-n3c4ccccc4n4c5ccccc5nc34)ccc2Oc2cc3c(cc21)-c1ccccc1-c1ccccc1-c1ccccc1-3. The van der Waals surface area contributed by atoms with Crippen LogP contribution in [-0.4, -0.2) is 14.0 Å². The van der Waals surface area contributed by atoms with Crippen molar-refractivity contribution >= 4 is 27.8 Å². The molecule has 50 heavy (non-hydrogen) atoms. The van der Waals surface area contributed by atoms with Crippen molar-refractivity contribution in [2.45, 2.75) is 19.1 Å². The summed E-state index contributed by atoms with van der Waals surface area (Å²) in [5.41, 5.74) is 9.13. The highest BCUT2D eigenvalue weighted by atomic mass is 16.5. The summed E-state index contributed by atoms with van der Waals surface area (Å²) >= 11 is 0. The van der Waals surface area contributed by atoms with Gasteiger partial charge in [-0.25, -0.2) is 4.98 Å². The second-order valence-electron chi connectivity index (χ2n) is 13.1. The smallest absolute Gasteiger partial charge is 0.220 e. The molecule has 2 aliphatic rings. The molecule has 3 heterocycles. The van der Waals surface area contributed by atoms with Crippen molar-refractivity contribution in [3.8, 4) is 61.7 Å². The predicted octanol–water partition coefficient (Wildman–Crippen LogP) is 11.8. The highest BCUT2D eigenvalue weighted by Gasteiger charge is 2.37. The Morgan fingerprint density at radius 3 is 1.66 bits per heavy atom. The summed E-state index contributed by atoms with van der Waals surface area (Å²) < 4.78 is 66.2. The maximum absolute atomic E-state index is 9.24. The molecule has 4 heteroatoms. The number of hydrogen-bond acceptors (Lipinski definition) is 2. The third-order valence-electron chi connectivity index (χ3n) is 10.4. The molecule has 0 spiro atoms. The first-order valence-corrected chi connectivity index (χ1v) is 16.7. The highest BCUT2D eigenvalue weighted by Crippen LogP contribution is 2.54. The van der Waals surface area contributed by atoms with Crippen LogP contribution in [0.5, 0.6) is 11.5 Å². The Hall–Kier alpha value is -6.39. The average Bonchev–Trinajstić information content (AvgIpc) is 3.72. The van der Waals surface area contributed by atoms with Crippen LogP contribution in [0.4, 0.5) is 0 Å². The quantitative estimate of drug-likeness (QED) is 0.178. The Bertz CT molecular complexity index is 3100. The Balaban J connectivity index is 1.23. The Labute approximate surface area is 297 Å². The average molecular weight is 648 g/mol. The molecular weight excluding hydrogens is 611 g/mol. The predicted molar refractivity (Wildman–Crippen MR) is 203 cm³/mol. The second-order valence-corrected chi connectivity index (χ2v) is 13.1. The molecular formula is C46H31N3O. The van der Waals surface area contributed by atoms with Gasteiger partial charge in [-0.15, -0.1) is 0 Å². The number of imidazole rings is 2. The van der Waals surface area contributed by atoms with Crippen LogP contribution in [0.2, 0.25) is 0 Å². The molecule has 0 saturated carbocycles. The Kier molecular flexibility index (Phi) is 4.38. The number of aromatic nitrogens is 3. The number of ether oxygens (including phenoxy) is 1. The number of fused-ring (bicyclic) bond motifs is 15. The number of benzene rings is 7. The second kappa shape index (κ2) is 9.83. The van der Waals surface area contributed by atoms with Gasteiger partial charge in [-0.05, 0) is 99.1 Å². The molecule has 0 amide bonds. The molecule has 1 aliphatic heterocycles. The van der Waals surface area contributed by atoms with Gasteiger partial charge in [0.2, 0.25) is 5.78 Å². The maximum atomic E-state index is 9.24. The molecule has 0 saturated heterocycles. The fourth-order valence-electron chi connectivity index (χ4n) is 8.17. The van der Waals surface area contributed by atoms with E-state index in [9.17, 15) is 8.22 Å². The summed E-state index contributed by atoms with van der Waals surface area (Å²) in [4.78, 5) is 5.00. The summed E-state index contributed by atoms with van der Waals surface area (Å²) in [6.07, 6.45) is 0. The van der Waals surface area contributed by atoms with Crippen molar-refractivity contribution in [2.24, 2.45) is 0 Å². The topological polar surface area (TPSA) is 31.5 Å². The van der Waals surface area contributed by atoms with Gasteiger partial charge in [-0.2, -0.15) is 0 Å². The van der Waals surface area contributed by atoms with Gasteiger partial charge in [0.05, 0.1) is 22.1 Å². The largest absolute Gasteiger partial charge is 0.457 e. The summed E-state index contributed by atoms with van der Waals surface area (Å²) in [5.74, 6) is 1.000. The normalized spacial score (nSPS) is 16.0. The highest BCUT2D eigenvalue weighted by molar-refractivity contribution is 6.03. The molecule has 0 radical (unpaired) electrons. The zero-order valence-corrected chi connectivity index (χ0v) is 26.7. The van der Waals surface area contributed by atoms with Gasteiger partial charge >= 0.3 is 0 Å². The third kappa shape index (κ3) is 3.62. The van der Waals surface area contributed by atoms with Gasteiger partial charge in [0, 0.05) is 30.5 Å². The van der Waals surface area contributed by atoms with Crippen molar-refractivity contribution in [3.63, 3.8) is 0 Å². The zero-order valence-electron chi connectivity index (χ0n) is 32.7. The molecule has 4 nitrogen and oxygen atoms in total. The van der Waals surface area contributed by atoms with E-state index in [1.54, 1.807) is 18.2 Å². The molecule has 0 fully saturated rings. The maximum Gasteiger partial charge on any atom is 0.220 e. The van der Waals surface area contributed by atoms with Crippen molar-refractivity contribution in [3.05, 3.63) is 163 Å². The Morgan fingerprint density at radius 1 is 0.500 bits per heavy atom. The molecule has 0 unspecified atom stereocenters. The minimum absolute atomic E-state index is 0.0689. The van der Waals surface area contributed by atoms with Crippen LogP contribution >= 0.6 is 0 Å². The van der Waals surface area contributed by atoms with Crippen molar-refractivity contribution in [2.75, 3.05) is 0 Å². The molecule has 1 aliphatic carbocycles. The molecule has 236 valence electrons. The van der Waals surface area contributed by atoms with E-state index in [4.69, 9.17) is 9.72 Å². The lowest BCUT2D eigenvalue weighted by Crippen LogP contribution is -2.25. The van der Waals surface area contributed by atoms with E-state index in [1.807, 2.05) is 108 Å². The van der Waals surface area contributed by atoms with Crippen LogP contribution < -0.4 is 4.74 Å². The van der Waals surface area contributed by atoms with Crippen molar-refractivity contribution in [1.29, 1.82) is 0 Å². The third-order valence-corrected chi connectivity index (χ3v) is 10.4. The van der Waals surface area contributed by atoms with E-state index in [1.165, 1.54) is 0 Å². The summed E-state index contributed by atoms with van der Waals surface area (Å²) in [6.45, 7) is -6.08.